The molecular weight excluding hydrogens is 360 g/mol. The molecule has 7 nitrogen and oxygen atoms in total. The van der Waals surface area contributed by atoms with Crippen molar-refractivity contribution < 1.29 is 23.9 Å². The maximum atomic E-state index is 12.2. The lowest BCUT2D eigenvalue weighted by Crippen LogP contribution is -2.43. The van der Waals surface area contributed by atoms with Crippen LogP contribution in [0.3, 0.4) is 0 Å². The molecule has 1 aliphatic heterocycles. The molecule has 1 aromatic carbocycles. The summed E-state index contributed by atoms with van der Waals surface area (Å²) >= 11 is 0. The molecule has 0 aromatic heterocycles. The predicted octanol–water partition coefficient (Wildman–Crippen LogP) is 3.43. The summed E-state index contributed by atoms with van der Waals surface area (Å²) in [4.78, 5) is 37.9. The van der Waals surface area contributed by atoms with Crippen molar-refractivity contribution in [3.8, 4) is 0 Å². The van der Waals surface area contributed by atoms with Crippen molar-refractivity contribution in [3.05, 3.63) is 29.3 Å². The van der Waals surface area contributed by atoms with Crippen LogP contribution in [0, 0.1) is 19.8 Å². The molecule has 0 saturated carbocycles. The molecule has 1 saturated heterocycles. The normalized spacial score (nSPS) is 15.1. The highest BCUT2D eigenvalue weighted by atomic mass is 16.6. The topological polar surface area (TPSA) is 84.9 Å². The molecule has 154 valence electrons. The molecule has 1 aromatic rings. The van der Waals surface area contributed by atoms with Gasteiger partial charge in [0.1, 0.15) is 5.60 Å². The van der Waals surface area contributed by atoms with Crippen LogP contribution < -0.4 is 5.32 Å². The smallest absolute Gasteiger partial charge is 0.410 e. The van der Waals surface area contributed by atoms with Gasteiger partial charge in [-0.15, -0.1) is 0 Å². The van der Waals surface area contributed by atoms with Crippen LogP contribution in [0.15, 0.2) is 18.2 Å². The Morgan fingerprint density at radius 1 is 1.14 bits per heavy atom. The number of anilines is 1. The standard InChI is InChI=1S/C21H30N2O5/c1-14-6-7-17(15(2)12-14)22-18(24)13-27-19(25)16-8-10-23(11-9-16)20(26)28-21(3,4)5/h6-7,12,16H,8-11,13H2,1-5H3,(H,22,24). The third kappa shape index (κ3) is 6.55. The number of nitrogens with zero attached hydrogens (tertiary/aromatic N) is 1. The first-order valence-electron chi connectivity index (χ1n) is 9.57. The van der Waals surface area contributed by atoms with E-state index in [1.807, 2.05) is 52.8 Å². The largest absolute Gasteiger partial charge is 0.455 e. The zero-order chi connectivity index (χ0) is 20.9. The summed E-state index contributed by atoms with van der Waals surface area (Å²) in [6, 6.07) is 5.71. The van der Waals surface area contributed by atoms with E-state index in [2.05, 4.69) is 5.32 Å². The number of esters is 1. The van der Waals surface area contributed by atoms with E-state index in [0.29, 0.717) is 31.6 Å². The molecule has 0 spiro atoms. The molecule has 0 bridgehead atoms. The predicted molar refractivity (Wildman–Crippen MR) is 106 cm³/mol. The summed E-state index contributed by atoms with van der Waals surface area (Å²) in [6.45, 7) is 9.89. The van der Waals surface area contributed by atoms with Crippen LogP contribution in [-0.2, 0) is 19.1 Å². The maximum Gasteiger partial charge on any atom is 0.410 e. The zero-order valence-electron chi connectivity index (χ0n) is 17.3. The number of rotatable bonds is 4. The minimum absolute atomic E-state index is 0.312. The van der Waals surface area contributed by atoms with Gasteiger partial charge in [0.2, 0.25) is 0 Å². The van der Waals surface area contributed by atoms with Crippen molar-refractivity contribution in [2.24, 2.45) is 5.92 Å². The number of hydrogen-bond acceptors (Lipinski definition) is 5. The molecule has 1 fully saturated rings. The average molecular weight is 390 g/mol. The first-order valence-corrected chi connectivity index (χ1v) is 9.57. The van der Waals surface area contributed by atoms with Crippen molar-refractivity contribution in [1.29, 1.82) is 0 Å². The Bertz CT molecular complexity index is 731. The van der Waals surface area contributed by atoms with Gasteiger partial charge < -0.3 is 19.7 Å². The second kappa shape index (κ2) is 9.08. The van der Waals surface area contributed by atoms with E-state index in [0.717, 1.165) is 11.1 Å². The highest BCUT2D eigenvalue weighted by Gasteiger charge is 2.30. The number of ether oxygens (including phenoxy) is 2. The Labute approximate surface area is 166 Å². The molecule has 2 amide bonds. The summed E-state index contributed by atoms with van der Waals surface area (Å²) in [5.41, 5.74) is 2.22. The average Bonchev–Trinajstić information content (AvgIpc) is 2.61. The quantitative estimate of drug-likeness (QED) is 0.796. The number of piperidine rings is 1. The van der Waals surface area contributed by atoms with Crippen molar-refractivity contribution in [3.63, 3.8) is 0 Å². The number of amides is 2. The summed E-state index contributed by atoms with van der Waals surface area (Å²) in [5.74, 6) is -1.08. The van der Waals surface area contributed by atoms with E-state index >= 15 is 0 Å². The summed E-state index contributed by atoms with van der Waals surface area (Å²) in [6.07, 6.45) is 0.625. The first kappa shape index (κ1) is 21.7. The van der Waals surface area contributed by atoms with E-state index in [1.165, 1.54) is 0 Å². The van der Waals surface area contributed by atoms with Crippen molar-refractivity contribution >= 4 is 23.7 Å². The lowest BCUT2D eigenvalue weighted by Gasteiger charge is -2.32. The Morgan fingerprint density at radius 3 is 2.36 bits per heavy atom. The van der Waals surface area contributed by atoms with Gasteiger partial charge in [-0.2, -0.15) is 0 Å². The number of aryl methyl sites for hydroxylation is 2. The van der Waals surface area contributed by atoms with Gasteiger partial charge in [0.25, 0.3) is 5.91 Å². The van der Waals surface area contributed by atoms with Crippen LogP contribution >= 0.6 is 0 Å². The molecule has 1 aliphatic rings. The minimum Gasteiger partial charge on any atom is -0.455 e. The molecule has 7 heteroatoms. The summed E-state index contributed by atoms with van der Waals surface area (Å²) < 4.78 is 10.5. The lowest BCUT2D eigenvalue weighted by atomic mass is 9.97. The molecule has 0 radical (unpaired) electrons. The summed E-state index contributed by atoms with van der Waals surface area (Å²) in [7, 11) is 0. The van der Waals surface area contributed by atoms with E-state index in [4.69, 9.17) is 9.47 Å². The molecule has 28 heavy (non-hydrogen) atoms. The molecule has 2 rings (SSSR count). The fourth-order valence-corrected chi connectivity index (χ4v) is 3.02. The van der Waals surface area contributed by atoms with Gasteiger partial charge in [0, 0.05) is 18.8 Å². The van der Waals surface area contributed by atoms with E-state index in [1.54, 1.807) is 4.90 Å². The van der Waals surface area contributed by atoms with Crippen LogP contribution in [0.5, 0.6) is 0 Å². The molecule has 1 heterocycles. The number of carbonyl (C=O) groups is 3. The highest BCUT2D eigenvalue weighted by molar-refractivity contribution is 5.93. The Morgan fingerprint density at radius 2 is 1.79 bits per heavy atom. The number of likely N-dealkylation sites (tertiary alicyclic amines) is 1. The van der Waals surface area contributed by atoms with E-state index in [9.17, 15) is 14.4 Å². The van der Waals surface area contributed by atoms with Crippen molar-refractivity contribution in [2.75, 3.05) is 25.0 Å². The zero-order valence-corrected chi connectivity index (χ0v) is 17.3. The summed E-state index contributed by atoms with van der Waals surface area (Å²) in [5, 5.41) is 2.75. The fraction of sp³-hybridized carbons (Fsp3) is 0.571. The maximum absolute atomic E-state index is 12.2. The van der Waals surface area contributed by atoms with Gasteiger partial charge in [-0.1, -0.05) is 17.7 Å². The molecule has 0 atom stereocenters. The van der Waals surface area contributed by atoms with Gasteiger partial charge in [-0.25, -0.2) is 4.79 Å². The molecule has 1 N–H and O–H groups in total. The number of benzene rings is 1. The van der Waals surface area contributed by atoms with E-state index < -0.39 is 11.6 Å². The van der Waals surface area contributed by atoms with Gasteiger partial charge in [-0.3, -0.25) is 9.59 Å². The Balaban J connectivity index is 1.75. The second-order valence-corrected chi connectivity index (χ2v) is 8.22. The van der Waals surface area contributed by atoms with E-state index in [-0.39, 0.29) is 24.5 Å². The number of carbonyl (C=O) groups excluding carboxylic acids is 3. The minimum atomic E-state index is -0.546. The second-order valence-electron chi connectivity index (χ2n) is 8.22. The SMILES string of the molecule is Cc1ccc(NC(=O)COC(=O)C2CCN(C(=O)OC(C)(C)C)CC2)c(C)c1. The molecular formula is C21H30N2O5. The first-order chi connectivity index (χ1) is 13.0. The third-order valence-corrected chi connectivity index (χ3v) is 4.48. The Hall–Kier alpha value is -2.57. The fourth-order valence-electron chi connectivity index (χ4n) is 3.02. The monoisotopic (exact) mass is 390 g/mol. The van der Waals surface area contributed by atoms with Gasteiger partial charge >= 0.3 is 12.1 Å². The van der Waals surface area contributed by atoms with Crippen LogP contribution in [-0.4, -0.2) is 48.2 Å². The van der Waals surface area contributed by atoms with Gasteiger partial charge in [-0.05, 0) is 59.1 Å². The van der Waals surface area contributed by atoms with Crippen molar-refractivity contribution in [1.82, 2.24) is 4.90 Å². The highest BCUT2D eigenvalue weighted by Crippen LogP contribution is 2.21. The van der Waals surface area contributed by atoms with Gasteiger partial charge in [0.15, 0.2) is 6.61 Å². The van der Waals surface area contributed by atoms with Crippen LogP contribution in [0.2, 0.25) is 0 Å². The Kier molecular flexibility index (Phi) is 7.05. The molecule has 0 unspecified atom stereocenters. The number of nitrogens with one attached hydrogen (secondary N) is 1. The number of hydrogen-bond donors (Lipinski definition) is 1. The van der Waals surface area contributed by atoms with Crippen LogP contribution in [0.4, 0.5) is 10.5 Å². The van der Waals surface area contributed by atoms with Crippen LogP contribution in [0.25, 0.3) is 0 Å². The molecule has 0 aliphatic carbocycles. The van der Waals surface area contributed by atoms with Crippen LogP contribution in [0.1, 0.15) is 44.7 Å². The third-order valence-electron chi connectivity index (χ3n) is 4.48. The van der Waals surface area contributed by atoms with Crippen molar-refractivity contribution in [2.45, 2.75) is 53.1 Å². The lowest BCUT2D eigenvalue weighted by molar-refractivity contribution is -0.153. The van der Waals surface area contributed by atoms with Gasteiger partial charge in [0.05, 0.1) is 5.92 Å².